The van der Waals surface area contributed by atoms with Gasteiger partial charge >= 0.3 is 12.2 Å². The number of carbonyl (C=O) groups excluding carboxylic acids is 3. The molecule has 2 aliphatic heterocycles. The predicted molar refractivity (Wildman–Crippen MR) is 153 cm³/mol. The predicted octanol–water partition coefficient (Wildman–Crippen LogP) is 6.22. The average molecular weight is 602 g/mol. The van der Waals surface area contributed by atoms with Crippen LogP contribution >= 0.6 is 11.6 Å². The molecule has 2 heterocycles. The van der Waals surface area contributed by atoms with E-state index in [2.05, 4.69) is 10.2 Å². The summed E-state index contributed by atoms with van der Waals surface area (Å²) in [6, 6.07) is 11.2. The van der Waals surface area contributed by atoms with Gasteiger partial charge < -0.3 is 10.2 Å². The molecular formula is C30H31ClF3N5O3. The summed E-state index contributed by atoms with van der Waals surface area (Å²) >= 11 is 5.88. The van der Waals surface area contributed by atoms with Crippen LogP contribution in [0.5, 0.6) is 0 Å². The number of hydrogen-bond acceptors (Lipinski definition) is 5. The number of piperazine rings is 1. The summed E-state index contributed by atoms with van der Waals surface area (Å²) in [5.74, 6) is -1.26. The zero-order valence-electron chi connectivity index (χ0n) is 23.1. The molecule has 4 rings (SSSR count). The Kier molecular flexibility index (Phi) is 9.91. The summed E-state index contributed by atoms with van der Waals surface area (Å²) in [5.41, 5.74) is -0.720. The Balaban J connectivity index is 1.18. The van der Waals surface area contributed by atoms with E-state index in [0.717, 1.165) is 49.9 Å². The summed E-state index contributed by atoms with van der Waals surface area (Å²) in [4.78, 5) is 43.2. The van der Waals surface area contributed by atoms with E-state index >= 15 is 0 Å². The van der Waals surface area contributed by atoms with Crippen LogP contribution in [-0.4, -0.2) is 60.4 Å². The third-order valence-electron chi connectivity index (χ3n) is 7.53. The monoisotopic (exact) mass is 601 g/mol. The van der Waals surface area contributed by atoms with E-state index in [-0.39, 0.29) is 17.3 Å². The van der Waals surface area contributed by atoms with Crippen LogP contribution in [0.2, 0.25) is 5.02 Å². The number of benzene rings is 2. The van der Waals surface area contributed by atoms with Gasteiger partial charge in [0, 0.05) is 48.0 Å². The first-order valence-electron chi connectivity index (χ1n) is 13.7. The van der Waals surface area contributed by atoms with Crippen molar-refractivity contribution in [3.63, 3.8) is 0 Å². The molecule has 1 fully saturated rings. The Bertz CT molecular complexity index is 1410. The van der Waals surface area contributed by atoms with Crippen LogP contribution in [0.4, 0.5) is 29.3 Å². The van der Waals surface area contributed by atoms with Crippen molar-refractivity contribution in [3.8, 4) is 6.07 Å². The fourth-order valence-electron chi connectivity index (χ4n) is 5.12. The van der Waals surface area contributed by atoms with E-state index in [1.807, 2.05) is 0 Å². The number of amides is 4. The van der Waals surface area contributed by atoms with E-state index in [9.17, 15) is 27.6 Å². The molecule has 0 spiro atoms. The van der Waals surface area contributed by atoms with Gasteiger partial charge in [0.05, 0.1) is 22.9 Å². The molecule has 0 bridgehead atoms. The van der Waals surface area contributed by atoms with E-state index in [1.54, 1.807) is 29.2 Å². The highest BCUT2D eigenvalue weighted by Crippen LogP contribution is 2.37. The van der Waals surface area contributed by atoms with Gasteiger partial charge in [-0.15, -0.1) is 0 Å². The van der Waals surface area contributed by atoms with Crippen molar-refractivity contribution in [2.75, 3.05) is 42.9 Å². The molecule has 222 valence electrons. The van der Waals surface area contributed by atoms with E-state index in [0.29, 0.717) is 48.3 Å². The highest BCUT2D eigenvalue weighted by atomic mass is 35.5. The van der Waals surface area contributed by atoms with Crippen LogP contribution in [0.25, 0.3) is 0 Å². The molecule has 1 saturated heterocycles. The van der Waals surface area contributed by atoms with Crippen molar-refractivity contribution in [1.82, 2.24) is 9.80 Å². The number of carbonyl (C=O) groups is 3. The first kappa shape index (κ1) is 31.1. The van der Waals surface area contributed by atoms with Gasteiger partial charge in [-0.05, 0) is 75.2 Å². The Hall–Kier alpha value is -3.88. The van der Waals surface area contributed by atoms with E-state index in [4.69, 9.17) is 16.9 Å². The summed E-state index contributed by atoms with van der Waals surface area (Å²) < 4.78 is 40.2. The SMILES string of the molecule is CC1=C(CCCCCCN2CCN(C(=O)Nc3ccc(Cl)cc3)CC2)C(=O)N(c2ccc(C#N)c(C(F)(F)F)c2)C1=O. The zero-order valence-corrected chi connectivity index (χ0v) is 23.9. The van der Waals surface area contributed by atoms with Crippen molar-refractivity contribution < 1.29 is 27.6 Å². The zero-order chi connectivity index (χ0) is 30.4. The fraction of sp³-hybridized carbons (Fsp3) is 0.400. The van der Waals surface area contributed by atoms with E-state index in [1.165, 1.54) is 19.1 Å². The van der Waals surface area contributed by atoms with Gasteiger partial charge in [0.2, 0.25) is 0 Å². The summed E-state index contributed by atoms with van der Waals surface area (Å²) in [7, 11) is 0. The molecule has 12 heteroatoms. The lowest BCUT2D eigenvalue weighted by Gasteiger charge is -2.34. The molecule has 0 unspecified atom stereocenters. The molecule has 2 aromatic rings. The average Bonchev–Trinajstić information content (AvgIpc) is 3.18. The minimum absolute atomic E-state index is 0.139. The molecule has 42 heavy (non-hydrogen) atoms. The summed E-state index contributed by atoms with van der Waals surface area (Å²) in [6.45, 7) is 5.21. The third kappa shape index (κ3) is 7.30. The maximum absolute atomic E-state index is 13.4. The van der Waals surface area contributed by atoms with Crippen molar-refractivity contribution >= 4 is 40.8 Å². The quantitative estimate of drug-likeness (QED) is 0.272. The number of urea groups is 1. The van der Waals surface area contributed by atoms with E-state index < -0.39 is 29.1 Å². The number of nitrogens with zero attached hydrogens (tertiary/aromatic N) is 4. The number of hydrogen-bond donors (Lipinski definition) is 1. The summed E-state index contributed by atoms with van der Waals surface area (Å²) in [5, 5.41) is 12.5. The molecule has 4 amide bonds. The minimum Gasteiger partial charge on any atom is -0.322 e. The van der Waals surface area contributed by atoms with Crippen LogP contribution in [0.15, 0.2) is 53.6 Å². The lowest BCUT2D eigenvalue weighted by Crippen LogP contribution is -2.50. The second-order valence-corrected chi connectivity index (χ2v) is 10.8. The minimum atomic E-state index is -4.79. The van der Waals surface area contributed by atoms with Crippen LogP contribution in [0.1, 0.15) is 50.2 Å². The van der Waals surface area contributed by atoms with Crippen molar-refractivity contribution in [3.05, 3.63) is 69.8 Å². The molecule has 0 radical (unpaired) electrons. The second-order valence-electron chi connectivity index (χ2n) is 10.3. The van der Waals surface area contributed by atoms with Gasteiger partial charge in [-0.3, -0.25) is 14.5 Å². The van der Waals surface area contributed by atoms with Gasteiger partial charge in [-0.1, -0.05) is 24.4 Å². The molecule has 0 aromatic heterocycles. The smallest absolute Gasteiger partial charge is 0.322 e. The van der Waals surface area contributed by atoms with Crippen molar-refractivity contribution in [2.45, 2.75) is 45.2 Å². The number of alkyl halides is 3. The Morgan fingerprint density at radius 3 is 2.29 bits per heavy atom. The van der Waals surface area contributed by atoms with Crippen molar-refractivity contribution in [2.24, 2.45) is 0 Å². The van der Waals surface area contributed by atoms with Gasteiger partial charge in [0.15, 0.2) is 0 Å². The van der Waals surface area contributed by atoms with Crippen LogP contribution in [0.3, 0.4) is 0 Å². The maximum Gasteiger partial charge on any atom is 0.417 e. The van der Waals surface area contributed by atoms with Crippen LogP contribution in [0, 0.1) is 11.3 Å². The normalized spacial score (nSPS) is 16.3. The van der Waals surface area contributed by atoms with Gasteiger partial charge in [-0.25, -0.2) is 9.69 Å². The lowest BCUT2D eigenvalue weighted by atomic mass is 10.0. The fourth-order valence-corrected chi connectivity index (χ4v) is 5.24. The second kappa shape index (κ2) is 13.4. The lowest BCUT2D eigenvalue weighted by molar-refractivity contribution is -0.138. The number of rotatable bonds is 9. The Labute approximate surface area is 247 Å². The maximum atomic E-state index is 13.4. The van der Waals surface area contributed by atoms with Gasteiger partial charge in [-0.2, -0.15) is 18.4 Å². The van der Waals surface area contributed by atoms with Gasteiger partial charge in [0.25, 0.3) is 11.8 Å². The number of nitrogens with one attached hydrogen (secondary N) is 1. The van der Waals surface area contributed by atoms with Crippen LogP contribution in [-0.2, 0) is 15.8 Å². The topological polar surface area (TPSA) is 96.8 Å². The Morgan fingerprint density at radius 1 is 0.976 bits per heavy atom. The standard InChI is InChI=1S/C30H31ClF3N5O3/c1-20-25(28(41)39(27(20)40)24-12-7-21(19-35)26(18-24)30(32,33)34)6-4-2-3-5-13-37-14-16-38(17-15-37)29(42)36-23-10-8-22(31)9-11-23/h7-12,18H,2-6,13-17H2,1H3,(H,36,42). The molecule has 2 aromatic carbocycles. The summed E-state index contributed by atoms with van der Waals surface area (Å²) in [6.07, 6.45) is -1.08. The molecule has 8 nitrogen and oxygen atoms in total. The highest BCUT2D eigenvalue weighted by Gasteiger charge is 2.39. The van der Waals surface area contributed by atoms with Gasteiger partial charge in [0.1, 0.15) is 0 Å². The largest absolute Gasteiger partial charge is 0.417 e. The Morgan fingerprint density at radius 2 is 1.64 bits per heavy atom. The molecule has 0 aliphatic carbocycles. The molecule has 0 atom stereocenters. The highest BCUT2D eigenvalue weighted by molar-refractivity contribution is 6.32. The first-order chi connectivity index (χ1) is 20.0. The molecule has 2 aliphatic rings. The number of nitriles is 1. The number of imide groups is 1. The molecular weight excluding hydrogens is 571 g/mol. The van der Waals surface area contributed by atoms with Crippen molar-refractivity contribution in [1.29, 1.82) is 5.26 Å². The first-order valence-corrected chi connectivity index (χ1v) is 14.1. The number of unbranched alkanes of at least 4 members (excludes halogenated alkanes) is 3. The number of halogens is 4. The molecule has 1 N–H and O–H groups in total. The number of anilines is 2. The molecule has 0 saturated carbocycles. The van der Waals surface area contributed by atoms with Crippen LogP contribution < -0.4 is 10.2 Å². The third-order valence-corrected chi connectivity index (χ3v) is 7.78.